The van der Waals surface area contributed by atoms with E-state index in [-0.39, 0.29) is 0 Å². The minimum atomic E-state index is 0.989. The summed E-state index contributed by atoms with van der Waals surface area (Å²) in [6.45, 7) is 4.22. The van der Waals surface area contributed by atoms with E-state index in [2.05, 4.69) is 134 Å². The third-order valence-corrected chi connectivity index (χ3v) is 7.40. The van der Waals surface area contributed by atoms with Gasteiger partial charge in [0.2, 0.25) is 0 Å². The van der Waals surface area contributed by atoms with Crippen molar-refractivity contribution in [3.05, 3.63) is 133 Å². The van der Waals surface area contributed by atoms with E-state index in [1.54, 1.807) is 0 Å². The van der Waals surface area contributed by atoms with Crippen LogP contribution in [0.1, 0.15) is 11.4 Å². The normalized spacial score (nSPS) is 11.5. The molecule has 0 amide bonds. The molecule has 0 fully saturated rings. The lowest BCUT2D eigenvalue weighted by Crippen LogP contribution is -1.96. The van der Waals surface area contributed by atoms with Gasteiger partial charge in [0.25, 0.3) is 0 Å². The molecule has 0 aliphatic heterocycles. The van der Waals surface area contributed by atoms with Crippen molar-refractivity contribution in [1.29, 1.82) is 0 Å². The maximum atomic E-state index is 4.97. The molecule has 176 valence electrons. The second kappa shape index (κ2) is 8.46. The summed E-state index contributed by atoms with van der Waals surface area (Å²) in [4.78, 5) is 4.97. The summed E-state index contributed by atoms with van der Waals surface area (Å²) in [5.41, 5.74) is 9.52. The molecule has 1 heterocycles. The maximum absolute atomic E-state index is 4.97. The van der Waals surface area contributed by atoms with E-state index in [0.717, 1.165) is 22.5 Å². The summed E-state index contributed by atoms with van der Waals surface area (Å²) in [5.74, 6) is 0.989. The average molecular weight is 475 g/mol. The van der Waals surface area contributed by atoms with Crippen LogP contribution in [0.2, 0.25) is 0 Å². The molecule has 0 atom stereocenters. The maximum Gasteiger partial charge on any atom is 0.111 e. The Kier molecular flexibility index (Phi) is 4.93. The van der Waals surface area contributed by atoms with Gasteiger partial charge in [-0.2, -0.15) is 0 Å². The van der Waals surface area contributed by atoms with E-state index in [1.807, 2.05) is 6.07 Å². The molecule has 6 aromatic carbocycles. The standard InChI is InChI=1S/C35H26N2/c1-23-16-18-25(19-17-23)34-28-12-6-8-14-30(28)35(31-15-9-7-13-29(31)34)26-20-21-33-32(22-26)36-24(2)37(33)27-10-4-3-5-11-27/h3-22H,1-2H3. The van der Waals surface area contributed by atoms with Gasteiger partial charge in [0.05, 0.1) is 11.0 Å². The summed E-state index contributed by atoms with van der Waals surface area (Å²) in [5, 5.41) is 5.06. The van der Waals surface area contributed by atoms with Gasteiger partial charge in [0.15, 0.2) is 0 Å². The lowest BCUT2D eigenvalue weighted by atomic mass is 9.86. The first-order valence-electron chi connectivity index (χ1n) is 12.7. The summed E-state index contributed by atoms with van der Waals surface area (Å²) in [7, 11) is 0. The molecule has 37 heavy (non-hydrogen) atoms. The lowest BCUT2D eigenvalue weighted by Gasteiger charge is -2.18. The van der Waals surface area contributed by atoms with Gasteiger partial charge >= 0.3 is 0 Å². The summed E-state index contributed by atoms with van der Waals surface area (Å²) in [6.07, 6.45) is 0. The van der Waals surface area contributed by atoms with E-state index in [4.69, 9.17) is 4.98 Å². The molecule has 7 rings (SSSR count). The number of aromatic nitrogens is 2. The van der Waals surface area contributed by atoms with Gasteiger partial charge < -0.3 is 0 Å². The van der Waals surface area contributed by atoms with Gasteiger partial charge in [-0.15, -0.1) is 0 Å². The number of aryl methyl sites for hydroxylation is 2. The van der Waals surface area contributed by atoms with Crippen LogP contribution in [0.5, 0.6) is 0 Å². The van der Waals surface area contributed by atoms with Crippen molar-refractivity contribution < 1.29 is 0 Å². The number of hydrogen-bond donors (Lipinski definition) is 0. The second-order valence-corrected chi connectivity index (χ2v) is 9.74. The Bertz CT molecular complexity index is 1870. The zero-order valence-electron chi connectivity index (χ0n) is 20.9. The first kappa shape index (κ1) is 21.6. The number of para-hydroxylation sites is 1. The topological polar surface area (TPSA) is 17.8 Å². The van der Waals surface area contributed by atoms with Crippen LogP contribution in [0.25, 0.3) is 60.5 Å². The Morgan fingerprint density at radius 1 is 0.514 bits per heavy atom. The number of fused-ring (bicyclic) bond motifs is 3. The molecule has 0 bridgehead atoms. The Morgan fingerprint density at radius 2 is 1.03 bits per heavy atom. The highest BCUT2D eigenvalue weighted by Crippen LogP contribution is 2.44. The molecule has 0 aliphatic rings. The van der Waals surface area contributed by atoms with Gasteiger partial charge in [-0.25, -0.2) is 4.98 Å². The van der Waals surface area contributed by atoms with E-state index < -0.39 is 0 Å². The number of nitrogens with zero attached hydrogens (tertiary/aromatic N) is 2. The van der Waals surface area contributed by atoms with Crippen molar-refractivity contribution in [3.63, 3.8) is 0 Å². The van der Waals surface area contributed by atoms with Crippen LogP contribution in [-0.2, 0) is 0 Å². The molecule has 0 radical (unpaired) electrons. The molecular weight excluding hydrogens is 448 g/mol. The lowest BCUT2D eigenvalue weighted by molar-refractivity contribution is 1.00. The highest BCUT2D eigenvalue weighted by Gasteiger charge is 2.17. The largest absolute Gasteiger partial charge is 0.297 e. The molecule has 0 saturated heterocycles. The van der Waals surface area contributed by atoms with Gasteiger partial charge in [-0.05, 0) is 81.9 Å². The van der Waals surface area contributed by atoms with Crippen LogP contribution >= 0.6 is 0 Å². The number of rotatable bonds is 3. The first-order chi connectivity index (χ1) is 18.2. The molecule has 2 nitrogen and oxygen atoms in total. The van der Waals surface area contributed by atoms with Gasteiger partial charge in [-0.1, -0.05) is 103 Å². The Labute approximate surface area is 216 Å². The van der Waals surface area contributed by atoms with Gasteiger partial charge in [0, 0.05) is 5.69 Å². The number of benzene rings is 6. The Morgan fingerprint density at radius 3 is 1.62 bits per heavy atom. The predicted molar refractivity (Wildman–Crippen MR) is 156 cm³/mol. The number of imidazole rings is 1. The Balaban J connectivity index is 1.53. The van der Waals surface area contributed by atoms with E-state index in [1.165, 1.54) is 49.4 Å². The molecule has 0 N–H and O–H groups in total. The van der Waals surface area contributed by atoms with Crippen molar-refractivity contribution in [2.24, 2.45) is 0 Å². The fourth-order valence-electron chi connectivity index (χ4n) is 5.73. The summed E-state index contributed by atoms with van der Waals surface area (Å²) in [6, 6.07) is 43.7. The van der Waals surface area contributed by atoms with Crippen molar-refractivity contribution in [2.75, 3.05) is 0 Å². The van der Waals surface area contributed by atoms with Gasteiger partial charge in [-0.3, -0.25) is 4.57 Å². The fraction of sp³-hybridized carbons (Fsp3) is 0.0571. The second-order valence-electron chi connectivity index (χ2n) is 9.74. The minimum absolute atomic E-state index is 0.989. The zero-order valence-corrected chi connectivity index (χ0v) is 20.9. The Hall–Kier alpha value is -4.69. The molecule has 0 saturated carbocycles. The minimum Gasteiger partial charge on any atom is -0.297 e. The SMILES string of the molecule is Cc1ccc(-c2c3ccccc3c(-c3ccc4c(c3)nc(C)n4-c3ccccc3)c3ccccc23)cc1. The highest BCUT2D eigenvalue weighted by molar-refractivity contribution is 6.21. The average Bonchev–Trinajstić information content (AvgIpc) is 3.27. The van der Waals surface area contributed by atoms with Crippen molar-refractivity contribution in [1.82, 2.24) is 9.55 Å². The fourth-order valence-corrected chi connectivity index (χ4v) is 5.73. The molecule has 0 unspecified atom stereocenters. The quantitative estimate of drug-likeness (QED) is 0.233. The van der Waals surface area contributed by atoms with E-state index in [0.29, 0.717) is 0 Å². The van der Waals surface area contributed by atoms with E-state index >= 15 is 0 Å². The van der Waals surface area contributed by atoms with E-state index in [9.17, 15) is 0 Å². The summed E-state index contributed by atoms with van der Waals surface area (Å²) >= 11 is 0. The smallest absolute Gasteiger partial charge is 0.111 e. The molecule has 2 heteroatoms. The van der Waals surface area contributed by atoms with Crippen LogP contribution in [0.3, 0.4) is 0 Å². The zero-order chi connectivity index (χ0) is 24.9. The predicted octanol–water partition coefficient (Wildman–Crippen LogP) is 9.28. The number of hydrogen-bond acceptors (Lipinski definition) is 1. The monoisotopic (exact) mass is 474 g/mol. The molecule has 0 aliphatic carbocycles. The summed E-state index contributed by atoms with van der Waals surface area (Å²) < 4.78 is 2.23. The molecular formula is C35H26N2. The van der Waals surface area contributed by atoms with Crippen molar-refractivity contribution in [3.8, 4) is 27.9 Å². The van der Waals surface area contributed by atoms with Crippen LogP contribution in [0.4, 0.5) is 0 Å². The van der Waals surface area contributed by atoms with Crippen LogP contribution in [0.15, 0.2) is 121 Å². The first-order valence-corrected chi connectivity index (χ1v) is 12.7. The van der Waals surface area contributed by atoms with Crippen LogP contribution in [0, 0.1) is 13.8 Å². The molecule has 1 aromatic heterocycles. The van der Waals surface area contributed by atoms with Crippen molar-refractivity contribution in [2.45, 2.75) is 13.8 Å². The van der Waals surface area contributed by atoms with Crippen LogP contribution < -0.4 is 0 Å². The van der Waals surface area contributed by atoms with Crippen molar-refractivity contribution >= 4 is 32.6 Å². The highest BCUT2D eigenvalue weighted by atomic mass is 15.1. The third-order valence-electron chi connectivity index (χ3n) is 7.40. The van der Waals surface area contributed by atoms with Gasteiger partial charge in [0.1, 0.15) is 5.82 Å². The molecule has 0 spiro atoms. The van der Waals surface area contributed by atoms with Crippen LogP contribution in [-0.4, -0.2) is 9.55 Å². The third kappa shape index (κ3) is 3.45. The molecule has 7 aromatic rings.